The van der Waals surface area contributed by atoms with E-state index >= 15 is 0 Å². The van der Waals surface area contributed by atoms with Gasteiger partial charge in [-0.2, -0.15) is 4.98 Å². The molecule has 146 valence electrons. The lowest BCUT2D eigenvalue weighted by molar-refractivity contribution is 0.0240. The monoisotopic (exact) mass is 374 g/mol. The predicted octanol–water partition coefficient (Wildman–Crippen LogP) is 2.67. The van der Waals surface area contributed by atoms with Crippen molar-refractivity contribution in [3.8, 4) is 11.8 Å². The van der Waals surface area contributed by atoms with Crippen molar-refractivity contribution in [3.63, 3.8) is 0 Å². The molecule has 27 heavy (non-hydrogen) atoms. The van der Waals surface area contributed by atoms with Crippen LogP contribution < -0.4 is 9.64 Å². The van der Waals surface area contributed by atoms with E-state index < -0.39 is 5.60 Å². The molecular weight excluding hydrogens is 348 g/mol. The van der Waals surface area contributed by atoms with Crippen LogP contribution in [0.1, 0.15) is 32.2 Å². The lowest BCUT2D eigenvalue weighted by atomic mass is 10.2. The molecule has 0 saturated carbocycles. The molecule has 0 aromatic carbocycles. The fourth-order valence-corrected chi connectivity index (χ4v) is 2.69. The minimum Gasteiger partial charge on any atom is -0.444 e. The summed E-state index contributed by atoms with van der Waals surface area (Å²) in [6, 6.07) is 3.57. The molecule has 1 aliphatic rings. The Labute approximate surface area is 158 Å². The van der Waals surface area contributed by atoms with E-state index in [9.17, 15) is 4.79 Å². The van der Waals surface area contributed by atoms with Crippen molar-refractivity contribution in [2.24, 2.45) is 0 Å². The number of aromatic amines is 1. The molecule has 0 aliphatic carbocycles. The number of H-pyrrole nitrogens is 1. The van der Waals surface area contributed by atoms with Crippen LogP contribution in [0.2, 0.25) is 0 Å². The Kier molecular flexibility index (Phi) is 5.20. The van der Waals surface area contributed by atoms with Gasteiger partial charge in [0.25, 0.3) is 0 Å². The molecule has 1 N–H and O–H groups in total. The number of hydrogen-bond donors (Lipinski definition) is 1. The van der Waals surface area contributed by atoms with Crippen LogP contribution in [-0.4, -0.2) is 62.9 Å². The maximum absolute atomic E-state index is 12.2. The van der Waals surface area contributed by atoms with Crippen molar-refractivity contribution >= 4 is 12.0 Å². The topological polar surface area (TPSA) is 96.5 Å². The van der Waals surface area contributed by atoms with Gasteiger partial charge < -0.3 is 19.3 Å². The summed E-state index contributed by atoms with van der Waals surface area (Å²) in [5.41, 5.74) is 1.22. The van der Waals surface area contributed by atoms with Crippen LogP contribution in [0.4, 0.5) is 10.7 Å². The van der Waals surface area contributed by atoms with Crippen LogP contribution in [0.25, 0.3) is 0 Å². The first-order valence-corrected chi connectivity index (χ1v) is 8.98. The van der Waals surface area contributed by atoms with Crippen molar-refractivity contribution < 1.29 is 14.3 Å². The maximum Gasteiger partial charge on any atom is 0.410 e. The van der Waals surface area contributed by atoms with Crippen molar-refractivity contribution in [2.45, 2.75) is 40.2 Å². The zero-order valence-corrected chi connectivity index (χ0v) is 16.4. The highest BCUT2D eigenvalue weighted by molar-refractivity contribution is 5.68. The summed E-state index contributed by atoms with van der Waals surface area (Å²) >= 11 is 0. The van der Waals surface area contributed by atoms with E-state index in [-0.39, 0.29) is 6.09 Å². The highest BCUT2D eigenvalue weighted by atomic mass is 16.6. The van der Waals surface area contributed by atoms with Gasteiger partial charge in [-0.15, -0.1) is 5.10 Å². The molecule has 9 heteroatoms. The fourth-order valence-electron chi connectivity index (χ4n) is 2.69. The lowest BCUT2D eigenvalue weighted by Crippen LogP contribution is -2.50. The highest BCUT2D eigenvalue weighted by Gasteiger charge is 2.27. The van der Waals surface area contributed by atoms with Crippen LogP contribution in [-0.2, 0) is 4.74 Å². The number of carbonyl (C=O) groups excluding carboxylic acids is 1. The summed E-state index contributed by atoms with van der Waals surface area (Å²) < 4.78 is 11.2. The molecule has 1 aliphatic heterocycles. The quantitative estimate of drug-likeness (QED) is 0.882. The van der Waals surface area contributed by atoms with E-state index in [0.29, 0.717) is 43.9 Å². The first-order valence-electron chi connectivity index (χ1n) is 8.98. The number of ether oxygens (including phenoxy) is 2. The first-order chi connectivity index (χ1) is 12.7. The summed E-state index contributed by atoms with van der Waals surface area (Å²) in [5.74, 6) is 1.49. The van der Waals surface area contributed by atoms with Gasteiger partial charge in [-0.05, 0) is 34.6 Å². The highest BCUT2D eigenvalue weighted by Crippen LogP contribution is 2.22. The third kappa shape index (κ3) is 5.08. The number of nitrogens with one attached hydrogen (secondary N) is 1. The second kappa shape index (κ2) is 7.42. The molecule has 0 spiro atoms. The molecular formula is C18H26N6O3. The Morgan fingerprint density at radius 3 is 2.37 bits per heavy atom. The van der Waals surface area contributed by atoms with Gasteiger partial charge in [-0.3, -0.25) is 5.10 Å². The lowest BCUT2D eigenvalue weighted by Gasteiger charge is -2.35. The van der Waals surface area contributed by atoms with Crippen LogP contribution in [0.3, 0.4) is 0 Å². The number of rotatable bonds is 3. The van der Waals surface area contributed by atoms with Gasteiger partial charge in [-0.1, -0.05) is 0 Å². The summed E-state index contributed by atoms with van der Waals surface area (Å²) in [4.78, 5) is 24.9. The first kappa shape index (κ1) is 18.9. The van der Waals surface area contributed by atoms with Gasteiger partial charge in [0.15, 0.2) is 0 Å². The number of aromatic nitrogens is 4. The Morgan fingerprint density at radius 2 is 1.78 bits per heavy atom. The molecule has 0 radical (unpaired) electrons. The predicted molar refractivity (Wildman–Crippen MR) is 100 cm³/mol. The van der Waals surface area contributed by atoms with E-state index in [0.717, 1.165) is 11.4 Å². The molecule has 1 saturated heterocycles. The third-order valence-corrected chi connectivity index (χ3v) is 3.92. The van der Waals surface area contributed by atoms with Gasteiger partial charge in [0.1, 0.15) is 5.60 Å². The summed E-state index contributed by atoms with van der Waals surface area (Å²) in [5, 5.41) is 6.90. The second-order valence-electron chi connectivity index (χ2n) is 7.59. The average Bonchev–Trinajstić information content (AvgIpc) is 2.98. The molecule has 0 unspecified atom stereocenters. The van der Waals surface area contributed by atoms with E-state index in [2.05, 4.69) is 20.2 Å². The molecule has 0 bridgehead atoms. The Balaban J connectivity index is 1.65. The largest absolute Gasteiger partial charge is 0.444 e. The number of aryl methyl sites for hydroxylation is 2. The number of hydrogen-bond acceptors (Lipinski definition) is 7. The molecule has 3 rings (SSSR count). The van der Waals surface area contributed by atoms with Crippen molar-refractivity contribution in [1.82, 2.24) is 25.1 Å². The number of carbonyl (C=O) groups is 1. The summed E-state index contributed by atoms with van der Waals surface area (Å²) in [7, 11) is 0. The normalized spacial score (nSPS) is 15.0. The van der Waals surface area contributed by atoms with Gasteiger partial charge in [-0.25, -0.2) is 9.78 Å². The number of nitrogens with zero attached hydrogens (tertiary/aromatic N) is 5. The van der Waals surface area contributed by atoms with Gasteiger partial charge in [0, 0.05) is 49.7 Å². The zero-order chi connectivity index (χ0) is 19.6. The molecule has 1 amide bonds. The molecule has 2 aromatic rings. The smallest absolute Gasteiger partial charge is 0.410 e. The van der Waals surface area contributed by atoms with Crippen LogP contribution in [0.15, 0.2) is 12.1 Å². The van der Waals surface area contributed by atoms with Crippen molar-refractivity contribution in [1.29, 1.82) is 0 Å². The minimum atomic E-state index is -0.495. The second-order valence-corrected chi connectivity index (χ2v) is 7.59. The van der Waals surface area contributed by atoms with Crippen LogP contribution in [0.5, 0.6) is 11.8 Å². The zero-order valence-electron chi connectivity index (χ0n) is 16.4. The number of amides is 1. The van der Waals surface area contributed by atoms with E-state index in [1.54, 1.807) is 17.0 Å². The SMILES string of the molecule is Cc1cc(Oc2cc(C)[nH]n2)nc(N2CCN(C(=O)OC(C)(C)C)CC2)n1. The summed E-state index contributed by atoms with van der Waals surface area (Å²) in [6.45, 7) is 11.8. The fraction of sp³-hybridized carbons (Fsp3) is 0.556. The van der Waals surface area contributed by atoms with E-state index in [1.807, 2.05) is 39.5 Å². The Hall–Kier alpha value is -2.84. The maximum atomic E-state index is 12.2. The average molecular weight is 374 g/mol. The molecule has 1 fully saturated rings. The van der Waals surface area contributed by atoms with Gasteiger partial charge in [0.2, 0.25) is 17.7 Å². The van der Waals surface area contributed by atoms with E-state index in [1.165, 1.54) is 0 Å². The Bertz CT molecular complexity index is 806. The number of anilines is 1. The molecule has 0 atom stereocenters. The van der Waals surface area contributed by atoms with Crippen molar-refractivity contribution in [3.05, 3.63) is 23.5 Å². The summed E-state index contributed by atoms with van der Waals surface area (Å²) in [6.07, 6.45) is -0.287. The van der Waals surface area contributed by atoms with Gasteiger partial charge in [0.05, 0.1) is 0 Å². The minimum absolute atomic E-state index is 0.287. The van der Waals surface area contributed by atoms with Crippen LogP contribution in [0, 0.1) is 13.8 Å². The van der Waals surface area contributed by atoms with Crippen molar-refractivity contribution in [2.75, 3.05) is 31.1 Å². The van der Waals surface area contributed by atoms with Crippen LogP contribution >= 0.6 is 0 Å². The Morgan fingerprint density at radius 1 is 1.07 bits per heavy atom. The third-order valence-electron chi connectivity index (χ3n) is 3.92. The number of piperazine rings is 1. The molecule has 3 heterocycles. The van der Waals surface area contributed by atoms with Gasteiger partial charge >= 0.3 is 6.09 Å². The molecule has 2 aromatic heterocycles. The molecule has 9 nitrogen and oxygen atoms in total. The standard InChI is InChI=1S/C18H26N6O3/c1-12-10-14(26-15-11-13(2)21-22-15)20-16(19-12)23-6-8-24(9-7-23)17(25)27-18(3,4)5/h10-11H,6-9H2,1-5H3,(H,21,22). The van der Waals surface area contributed by atoms with E-state index in [4.69, 9.17) is 9.47 Å².